The fourth-order valence-corrected chi connectivity index (χ4v) is 11.7. The normalized spacial score (nSPS) is 49.0. The number of carbonyl (C=O) groups is 3. The van der Waals surface area contributed by atoms with Crippen molar-refractivity contribution in [3.63, 3.8) is 0 Å². The largest absolute Gasteiger partial charge is 0.469 e. The minimum Gasteiger partial charge on any atom is -0.469 e. The van der Waals surface area contributed by atoms with Crippen LogP contribution in [-0.4, -0.2) is 30.9 Å². The summed E-state index contributed by atoms with van der Waals surface area (Å²) in [6, 6.07) is 0. The Kier molecular flexibility index (Phi) is 6.34. The van der Waals surface area contributed by atoms with Crippen LogP contribution in [0.5, 0.6) is 0 Å². The van der Waals surface area contributed by atoms with Gasteiger partial charge in [-0.3, -0.25) is 14.4 Å². The van der Waals surface area contributed by atoms with Gasteiger partial charge in [0.05, 0.1) is 12.5 Å². The zero-order valence-electron chi connectivity index (χ0n) is 25.5. The van der Waals surface area contributed by atoms with Crippen molar-refractivity contribution in [2.24, 2.45) is 56.2 Å². The molecule has 38 heavy (non-hydrogen) atoms. The Morgan fingerprint density at radius 1 is 0.816 bits per heavy atom. The van der Waals surface area contributed by atoms with Crippen molar-refractivity contribution in [2.75, 3.05) is 7.11 Å². The number of Topliss-reactive ketones (excluding diaryl/α,β-unsaturated/α-hetero) is 1. The minimum absolute atomic E-state index is 0.0273. The van der Waals surface area contributed by atoms with Crippen LogP contribution in [0.1, 0.15) is 120 Å². The zero-order valence-corrected chi connectivity index (χ0v) is 25.5. The smallest absolute Gasteiger partial charge is 0.312 e. The van der Waals surface area contributed by atoms with E-state index in [1.54, 1.807) is 0 Å². The molecule has 0 aromatic heterocycles. The van der Waals surface area contributed by atoms with E-state index in [4.69, 9.17) is 9.47 Å². The lowest BCUT2D eigenvalue weighted by molar-refractivity contribution is -0.248. The van der Waals surface area contributed by atoms with E-state index in [1.807, 2.05) is 0 Å². The van der Waals surface area contributed by atoms with Gasteiger partial charge in [0, 0.05) is 24.7 Å². The SMILES string of the molecule is COC(=O)[C@]12CCC(C)(C)C[C@@H]1[C@H]1C(=O)C[C@H]3[C@@]4(C)CC[C@H](OC(C)=O)C(C)(C)[C@@H]4CC[C@@]3(C)[C@]1(C)CC2. The highest BCUT2D eigenvalue weighted by Crippen LogP contribution is 2.76. The van der Waals surface area contributed by atoms with Crippen molar-refractivity contribution < 1.29 is 23.9 Å². The van der Waals surface area contributed by atoms with Gasteiger partial charge in [0.1, 0.15) is 11.9 Å². The fraction of sp³-hybridized carbons (Fsp3) is 0.909. The number of rotatable bonds is 2. The number of hydrogen-bond donors (Lipinski definition) is 0. The highest BCUT2D eigenvalue weighted by molar-refractivity contribution is 5.86. The van der Waals surface area contributed by atoms with Gasteiger partial charge in [-0.25, -0.2) is 0 Å². The molecule has 0 saturated heterocycles. The third-order valence-electron chi connectivity index (χ3n) is 13.9. The maximum absolute atomic E-state index is 14.5. The molecule has 0 unspecified atom stereocenters. The van der Waals surface area contributed by atoms with Crippen LogP contribution in [0.25, 0.3) is 0 Å². The molecule has 0 spiro atoms. The molecule has 214 valence electrons. The average molecular weight is 529 g/mol. The number of ether oxygens (including phenoxy) is 2. The van der Waals surface area contributed by atoms with Crippen molar-refractivity contribution in [3.8, 4) is 0 Å². The lowest BCUT2D eigenvalue weighted by Crippen LogP contribution is -2.70. The quantitative estimate of drug-likeness (QED) is 0.356. The molecule has 5 heteroatoms. The Hall–Kier alpha value is -1.39. The van der Waals surface area contributed by atoms with Crippen LogP contribution in [-0.2, 0) is 23.9 Å². The van der Waals surface area contributed by atoms with Crippen molar-refractivity contribution in [1.29, 1.82) is 0 Å². The lowest BCUT2D eigenvalue weighted by Gasteiger charge is -2.72. The average Bonchev–Trinajstić information content (AvgIpc) is 2.81. The van der Waals surface area contributed by atoms with Gasteiger partial charge < -0.3 is 9.47 Å². The molecule has 0 bridgehead atoms. The maximum Gasteiger partial charge on any atom is 0.312 e. The molecule has 0 aromatic carbocycles. The van der Waals surface area contributed by atoms with Gasteiger partial charge in [-0.15, -0.1) is 0 Å². The summed E-state index contributed by atoms with van der Waals surface area (Å²) in [6.45, 7) is 18.1. The van der Waals surface area contributed by atoms with Gasteiger partial charge in [0.25, 0.3) is 0 Å². The van der Waals surface area contributed by atoms with Crippen LogP contribution in [0, 0.1) is 56.2 Å². The molecule has 0 N–H and O–H groups in total. The van der Waals surface area contributed by atoms with Gasteiger partial charge in [0.2, 0.25) is 0 Å². The number of ketones is 1. The van der Waals surface area contributed by atoms with Gasteiger partial charge in [-0.2, -0.15) is 0 Å². The fourth-order valence-electron chi connectivity index (χ4n) is 11.7. The minimum atomic E-state index is -0.515. The molecule has 0 heterocycles. The Bertz CT molecular complexity index is 1030. The van der Waals surface area contributed by atoms with E-state index in [9.17, 15) is 14.4 Å². The molecule has 5 saturated carbocycles. The summed E-state index contributed by atoms with van der Waals surface area (Å²) in [5.41, 5.74) is -0.585. The van der Waals surface area contributed by atoms with E-state index in [0.717, 1.165) is 57.8 Å². The lowest BCUT2D eigenvalue weighted by atomic mass is 9.31. The van der Waals surface area contributed by atoms with Crippen LogP contribution in [0.15, 0.2) is 0 Å². The Balaban J connectivity index is 1.55. The summed E-state index contributed by atoms with van der Waals surface area (Å²) < 4.78 is 11.3. The van der Waals surface area contributed by atoms with E-state index in [-0.39, 0.29) is 57.0 Å². The highest BCUT2D eigenvalue weighted by atomic mass is 16.5. The summed E-state index contributed by atoms with van der Waals surface area (Å²) in [5.74, 6) is 0.815. The molecule has 5 fully saturated rings. The first-order valence-corrected chi connectivity index (χ1v) is 15.3. The van der Waals surface area contributed by atoms with Gasteiger partial charge >= 0.3 is 11.9 Å². The Labute approximate surface area is 230 Å². The van der Waals surface area contributed by atoms with Crippen molar-refractivity contribution in [3.05, 3.63) is 0 Å². The second kappa shape index (κ2) is 8.56. The first-order valence-electron chi connectivity index (χ1n) is 15.3. The number of carbonyl (C=O) groups excluding carboxylic acids is 3. The van der Waals surface area contributed by atoms with Crippen LogP contribution >= 0.6 is 0 Å². The summed E-state index contributed by atoms with van der Waals surface area (Å²) in [4.78, 5) is 39.9. The van der Waals surface area contributed by atoms with Gasteiger partial charge in [0.15, 0.2) is 0 Å². The van der Waals surface area contributed by atoms with E-state index >= 15 is 0 Å². The van der Waals surface area contributed by atoms with E-state index in [0.29, 0.717) is 24.0 Å². The second-order valence-electron chi connectivity index (χ2n) is 16.2. The molecule has 0 aliphatic heterocycles. The van der Waals surface area contributed by atoms with E-state index in [1.165, 1.54) is 14.0 Å². The first kappa shape index (κ1) is 28.1. The van der Waals surface area contributed by atoms with Crippen LogP contribution < -0.4 is 0 Å². The summed E-state index contributed by atoms with van der Waals surface area (Å²) in [6.07, 6.45) is 9.13. The topological polar surface area (TPSA) is 69.7 Å². The van der Waals surface area contributed by atoms with Crippen molar-refractivity contribution in [2.45, 2.75) is 126 Å². The number of methoxy groups -OCH3 is 1. The summed E-state index contributed by atoms with van der Waals surface area (Å²) in [5, 5.41) is 0. The molecule has 0 amide bonds. The monoisotopic (exact) mass is 528 g/mol. The molecule has 0 aromatic rings. The third kappa shape index (κ3) is 3.57. The van der Waals surface area contributed by atoms with Crippen LogP contribution in [0.2, 0.25) is 0 Å². The van der Waals surface area contributed by atoms with E-state index < -0.39 is 5.41 Å². The highest BCUT2D eigenvalue weighted by Gasteiger charge is 2.73. The molecular formula is C33H52O5. The third-order valence-corrected chi connectivity index (χ3v) is 13.9. The van der Waals surface area contributed by atoms with Crippen molar-refractivity contribution >= 4 is 17.7 Å². The number of fused-ring (bicyclic) bond motifs is 7. The standard InChI is InChI=1S/C33H52O5/c1-20(34)38-25-11-12-30(6)23(29(25,4)5)10-13-31(7)24(30)18-22(35)26-21-19-28(2,3)14-16-33(21,27(36)37-9)17-15-32(26,31)8/h21,23-26H,10-19H2,1-9H3/t21-,23+,24+,25+,26+,30+,31-,32-,33+/m1/s1. The predicted molar refractivity (Wildman–Crippen MR) is 147 cm³/mol. The summed E-state index contributed by atoms with van der Waals surface area (Å²) >= 11 is 0. The summed E-state index contributed by atoms with van der Waals surface area (Å²) in [7, 11) is 1.53. The van der Waals surface area contributed by atoms with Crippen LogP contribution in [0.3, 0.4) is 0 Å². The predicted octanol–water partition coefficient (Wildman–Crippen LogP) is 7.15. The molecule has 5 aliphatic carbocycles. The van der Waals surface area contributed by atoms with E-state index in [2.05, 4.69) is 48.5 Å². The molecule has 5 rings (SSSR count). The first-order chi connectivity index (χ1) is 17.5. The maximum atomic E-state index is 14.5. The van der Waals surface area contributed by atoms with Crippen molar-refractivity contribution in [1.82, 2.24) is 0 Å². The molecule has 5 aliphatic rings. The zero-order chi connectivity index (χ0) is 28.1. The molecular weight excluding hydrogens is 476 g/mol. The van der Waals surface area contributed by atoms with Gasteiger partial charge in [-0.05, 0) is 97.2 Å². The second-order valence-corrected chi connectivity index (χ2v) is 16.2. The molecule has 0 radical (unpaired) electrons. The number of esters is 2. The Morgan fingerprint density at radius 3 is 2.11 bits per heavy atom. The Morgan fingerprint density at radius 2 is 1.47 bits per heavy atom. The molecule has 9 atom stereocenters. The van der Waals surface area contributed by atoms with Gasteiger partial charge in [-0.1, -0.05) is 48.5 Å². The number of hydrogen-bond acceptors (Lipinski definition) is 5. The van der Waals surface area contributed by atoms with Crippen LogP contribution in [0.4, 0.5) is 0 Å². The molecule has 5 nitrogen and oxygen atoms in total.